The lowest BCUT2D eigenvalue weighted by atomic mass is 10.1. The highest BCUT2D eigenvalue weighted by molar-refractivity contribution is 9.10. The van der Waals surface area contributed by atoms with Crippen LogP contribution in [0.25, 0.3) is 0 Å². The van der Waals surface area contributed by atoms with Crippen LogP contribution in [-0.2, 0) is 25.6 Å². The highest BCUT2D eigenvalue weighted by Crippen LogP contribution is 2.43. The maximum atomic E-state index is 13.2. The van der Waals surface area contributed by atoms with Gasteiger partial charge in [0.1, 0.15) is 0 Å². The molecule has 4 nitrogen and oxygen atoms in total. The van der Waals surface area contributed by atoms with Gasteiger partial charge in [-0.25, -0.2) is 4.98 Å². The van der Waals surface area contributed by atoms with Crippen molar-refractivity contribution in [3.8, 4) is 0 Å². The minimum Gasteiger partial charge on any atom is -0.325 e. The third-order valence-electron chi connectivity index (χ3n) is 3.39. The number of rotatable bonds is 2. The maximum absolute atomic E-state index is 13.2. The zero-order valence-corrected chi connectivity index (χ0v) is 14.9. The lowest BCUT2D eigenvalue weighted by Gasteiger charge is -2.19. The molecule has 0 amide bonds. The number of alkyl halides is 9. The summed E-state index contributed by atoms with van der Waals surface area (Å²) in [6.45, 7) is 0. The van der Waals surface area contributed by atoms with E-state index in [9.17, 15) is 44.3 Å². The molecule has 154 valence electrons. The first kappa shape index (κ1) is 22.0. The zero-order chi connectivity index (χ0) is 21.7. The fraction of sp³-hybridized carbons (Fsp3) is 0.286. The molecular weight excluding hydrogens is 477 g/mol. The normalized spacial score (nSPS) is 13.0. The lowest BCUT2D eigenvalue weighted by Crippen LogP contribution is -2.25. The molecule has 0 saturated heterocycles. The van der Waals surface area contributed by atoms with Gasteiger partial charge in [0, 0.05) is 17.6 Å². The number of hydrogen-bond acceptors (Lipinski definition) is 3. The summed E-state index contributed by atoms with van der Waals surface area (Å²) >= 11 is 2.39. The molecule has 1 N–H and O–H groups in total. The van der Waals surface area contributed by atoms with E-state index in [-0.39, 0.29) is 18.2 Å². The van der Waals surface area contributed by atoms with Gasteiger partial charge in [-0.05, 0) is 12.1 Å². The molecule has 0 saturated carbocycles. The topological polar surface area (TPSA) is 46.9 Å². The first-order chi connectivity index (χ1) is 12.5. The molecular formula is C14H7BrF9N3O. The van der Waals surface area contributed by atoms with Crippen LogP contribution in [-0.4, -0.2) is 9.55 Å². The summed E-state index contributed by atoms with van der Waals surface area (Å²) in [4.78, 5) is 14.6. The Morgan fingerprint density at radius 1 is 0.893 bits per heavy atom. The maximum Gasteiger partial charge on any atom is 0.433 e. The van der Waals surface area contributed by atoms with E-state index in [2.05, 4.69) is 20.9 Å². The molecule has 0 fully saturated rings. The minimum atomic E-state index is -5.16. The standard InChI is InChI=1S/C14H7BrF9N3O/c1-27-10(28)4-9(14(22,23)24)26-11(27)25-8-3-5(12(16,17)18)7(15)2-6(8)13(19,20)21/h2-4H,1H3,(H,25,26). The fourth-order valence-corrected chi connectivity index (χ4v) is 2.61. The first-order valence-corrected chi connectivity index (χ1v) is 7.71. The van der Waals surface area contributed by atoms with Crippen molar-refractivity contribution in [3.63, 3.8) is 0 Å². The molecule has 0 atom stereocenters. The fourth-order valence-electron chi connectivity index (χ4n) is 2.05. The average molecular weight is 484 g/mol. The Balaban J connectivity index is 2.72. The molecule has 0 radical (unpaired) electrons. The third-order valence-corrected chi connectivity index (χ3v) is 4.05. The predicted octanol–water partition coefficient (Wildman–Crippen LogP) is 5.34. The van der Waals surface area contributed by atoms with Crippen molar-refractivity contribution in [2.24, 2.45) is 7.05 Å². The highest BCUT2D eigenvalue weighted by atomic mass is 79.9. The minimum absolute atomic E-state index is 0.0549. The summed E-state index contributed by atoms with van der Waals surface area (Å²) in [5, 5.41) is 1.75. The number of hydrogen-bond donors (Lipinski definition) is 1. The molecule has 0 unspecified atom stereocenters. The molecule has 1 heterocycles. The second kappa shape index (κ2) is 6.97. The van der Waals surface area contributed by atoms with Crippen LogP contribution in [0.4, 0.5) is 51.1 Å². The van der Waals surface area contributed by atoms with Gasteiger partial charge in [-0.15, -0.1) is 0 Å². The van der Waals surface area contributed by atoms with E-state index < -0.39 is 57.0 Å². The van der Waals surface area contributed by atoms with E-state index in [1.54, 1.807) is 5.32 Å². The van der Waals surface area contributed by atoms with Crippen molar-refractivity contribution in [2.45, 2.75) is 18.5 Å². The lowest BCUT2D eigenvalue weighted by molar-refractivity contribution is -0.141. The monoisotopic (exact) mass is 483 g/mol. The number of nitrogens with zero attached hydrogens (tertiary/aromatic N) is 2. The molecule has 0 spiro atoms. The van der Waals surface area contributed by atoms with Crippen molar-refractivity contribution in [1.29, 1.82) is 0 Å². The zero-order valence-electron chi connectivity index (χ0n) is 13.3. The van der Waals surface area contributed by atoms with Crippen LogP contribution in [0.5, 0.6) is 0 Å². The molecule has 28 heavy (non-hydrogen) atoms. The molecule has 1 aromatic carbocycles. The molecule has 0 aliphatic rings. The van der Waals surface area contributed by atoms with Crippen LogP contribution in [0.2, 0.25) is 0 Å². The van der Waals surface area contributed by atoms with E-state index in [0.717, 1.165) is 7.05 Å². The van der Waals surface area contributed by atoms with Crippen molar-refractivity contribution in [2.75, 3.05) is 5.32 Å². The van der Waals surface area contributed by atoms with Crippen molar-refractivity contribution in [1.82, 2.24) is 9.55 Å². The smallest absolute Gasteiger partial charge is 0.325 e. The van der Waals surface area contributed by atoms with E-state index in [1.165, 1.54) is 0 Å². The number of halogens is 10. The van der Waals surface area contributed by atoms with Crippen molar-refractivity contribution >= 4 is 27.6 Å². The summed E-state index contributed by atoms with van der Waals surface area (Å²) in [7, 11) is 0.884. The largest absolute Gasteiger partial charge is 0.433 e. The summed E-state index contributed by atoms with van der Waals surface area (Å²) in [5.74, 6) is -1.03. The van der Waals surface area contributed by atoms with Gasteiger partial charge < -0.3 is 5.32 Å². The second-order valence-corrected chi connectivity index (χ2v) is 6.21. The van der Waals surface area contributed by atoms with Gasteiger partial charge in [-0.3, -0.25) is 9.36 Å². The van der Waals surface area contributed by atoms with Gasteiger partial charge in [-0.1, -0.05) is 15.9 Å². The Morgan fingerprint density at radius 2 is 1.43 bits per heavy atom. The van der Waals surface area contributed by atoms with Gasteiger partial charge in [0.2, 0.25) is 5.95 Å². The van der Waals surface area contributed by atoms with Gasteiger partial charge in [0.05, 0.1) is 16.8 Å². The molecule has 1 aromatic heterocycles. The van der Waals surface area contributed by atoms with Gasteiger partial charge >= 0.3 is 18.5 Å². The van der Waals surface area contributed by atoms with Crippen LogP contribution in [0, 0.1) is 0 Å². The number of benzene rings is 1. The van der Waals surface area contributed by atoms with Gasteiger partial charge in [0.15, 0.2) is 5.69 Å². The Kier molecular flexibility index (Phi) is 5.49. The number of anilines is 2. The average Bonchev–Trinajstić information content (AvgIpc) is 2.49. The Labute approximate surface area is 158 Å². The molecule has 2 aromatic rings. The van der Waals surface area contributed by atoms with E-state index in [0.29, 0.717) is 4.57 Å². The van der Waals surface area contributed by atoms with Crippen LogP contribution < -0.4 is 10.9 Å². The van der Waals surface area contributed by atoms with E-state index >= 15 is 0 Å². The molecule has 0 aliphatic carbocycles. The number of nitrogens with one attached hydrogen (secondary N) is 1. The highest BCUT2D eigenvalue weighted by Gasteiger charge is 2.40. The first-order valence-electron chi connectivity index (χ1n) is 6.92. The van der Waals surface area contributed by atoms with E-state index in [1.807, 2.05) is 0 Å². The van der Waals surface area contributed by atoms with Crippen molar-refractivity contribution < 1.29 is 39.5 Å². The summed E-state index contributed by atoms with van der Waals surface area (Å²) in [6.07, 6.45) is -15.3. The SMILES string of the molecule is Cn1c(Nc2cc(C(F)(F)F)c(Br)cc2C(F)(F)F)nc(C(F)(F)F)cc1=O. The van der Waals surface area contributed by atoms with Crippen molar-refractivity contribution in [3.05, 3.63) is 49.8 Å². The molecule has 2 rings (SSSR count). The van der Waals surface area contributed by atoms with Crippen LogP contribution in [0.15, 0.2) is 27.5 Å². The summed E-state index contributed by atoms with van der Waals surface area (Å²) < 4.78 is 116. The van der Waals surface area contributed by atoms with Gasteiger partial charge in [-0.2, -0.15) is 39.5 Å². The Hall–Kier alpha value is -2.25. The van der Waals surface area contributed by atoms with Crippen LogP contribution in [0.3, 0.4) is 0 Å². The van der Waals surface area contributed by atoms with E-state index in [4.69, 9.17) is 0 Å². The summed E-state index contributed by atoms with van der Waals surface area (Å²) in [6, 6.07) is 0.273. The molecule has 14 heteroatoms. The quantitative estimate of drug-likeness (QED) is 0.586. The molecule has 0 aliphatic heterocycles. The third kappa shape index (κ3) is 4.59. The number of aromatic nitrogens is 2. The molecule has 0 bridgehead atoms. The Morgan fingerprint density at radius 3 is 1.89 bits per heavy atom. The predicted molar refractivity (Wildman–Crippen MR) is 81.9 cm³/mol. The van der Waals surface area contributed by atoms with Gasteiger partial charge in [0.25, 0.3) is 5.56 Å². The second-order valence-electron chi connectivity index (χ2n) is 5.36. The van der Waals surface area contributed by atoms with Crippen LogP contribution >= 0.6 is 15.9 Å². The summed E-state index contributed by atoms with van der Waals surface area (Å²) in [5.41, 5.74) is -7.37. The Bertz CT molecular complexity index is 961. The van der Waals surface area contributed by atoms with Crippen LogP contribution in [0.1, 0.15) is 16.8 Å².